The molecule has 0 fully saturated rings. The first-order valence-corrected chi connectivity index (χ1v) is 42.4. The van der Waals surface area contributed by atoms with E-state index in [1.54, 1.807) is 0 Å². The van der Waals surface area contributed by atoms with E-state index in [-0.39, 0.29) is 0 Å². The van der Waals surface area contributed by atoms with E-state index in [1.165, 1.54) is 160 Å². The third kappa shape index (κ3) is 13.2. The van der Waals surface area contributed by atoms with Gasteiger partial charge in [0.1, 0.15) is 0 Å². The molecule has 0 unspecified atom stereocenters. The summed E-state index contributed by atoms with van der Waals surface area (Å²) in [5.41, 5.74) is 35.9. The molecule has 124 heavy (non-hydrogen) atoms. The molecule has 0 saturated heterocycles. The fraction of sp³-hybridized carbons (Fsp3) is 0. The van der Waals surface area contributed by atoms with Gasteiger partial charge in [-0.05, 0) is 210 Å². The van der Waals surface area contributed by atoms with Crippen LogP contribution in [0.2, 0.25) is 0 Å². The van der Waals surface area contributed by atoms with Gasteiger partial charge >= 0.3 is 0 Å². The minimum atomic E-state index is 0.649. The van der Waals surface area contributed by atoms with Crippen molar-refractivity contribution in [2.75, 3.05) is 0 Å². The molecule has 5 heterocycles. The molecule has 0 bridgehead atoms. The highest BCUT2D eigenvalue weighted by Gasteiger charge is 2.22. The molecule has 6 nitrogen and oxygen atoms in total. The monoisotopic (exact) mass is 1580 g/mol. The van der Waals surface area contributed by atoms with Gasteiger partial charge in [0.25, 0.3) is 0 Å². The van der Waals surface area contributed by atoms with Crippen LogP contribution in [-0.4, -0.2) is 28.2 Å². The van der Waals surface area contributed by atoms with Crippen molar-refractivity contribution in [2.45, 2.75) is 0 Å². The van der Waals surface area contributed by atoms with E-state index < -0.39 is 0 Å². The highest BCUT2D eigenvalue weighted by Crippen LogP contribution is 2.44. The molecule has 0 aliphatic heterocycles. The molecule has 0 saturated carbocycles. The van der Waals surface area contributed by atoms with Gasteiger partial charge in [0.15, 0.2) is 0 Å². The number of benzene rings is 19. The number of rotatable bonds is 14. The van der Waals surface area contributed by atoms with Gasteiger partial charge < -0.3 is 13.7 Å². The van der Waals surface area contributed by atoms with E-state index in [0.29, 0.717) is 5.95 Å². The van der Waals surface area contributed by atoms with Crippen LogP contribution >= 0.6 is 0 Å². The summed E-state index contributed by atoms with van der Waals surface area (Å²) in [5.74, 6) is 0.649. The molecule has 0 N–H and O–H groups in total. The summed E-state index contributed by atoms with van der Waals surface area (Å²) in [6, 6.07) is 170. The molecule has 0 aliphatic rings. The molecule has 580 valence electrons. The number of fused-ring (bicyclic) bond motifs is 12. The van der Waals surface area contributed by atoms with Crippen LogP contribution in [0, 0.1) is 0 Å². The Bertz CT molecular complexity index is 7530. The van der Waals surface area contributed by atoms with E-state index in [2.05, 4.69) is 479 Å². The van der Waals surface area contributed by atoms with Crippen LogP contribution in [-0.2, 0) is 0 Å². The maximum atomic E-state index is 5.20. The van der Waals surface area contributed by atoms with Crippen molar-refractivity contribution in [2.24, 2.45) is 0 Å². The predicted molar refractivity (Wildman–Crippen MR) is 520 cm³/mol. The molecule has 0 amide bonds. The van der Waals surface area contributed by atoms with Gasteiger partial charge in [-0.15, -0.1) is 0 Å². The van der Waals surface area contributed by atoms with Crippen LogP contribution in [0.5, 0.6) is 0 Å². The predicted octanol–water partition coefficient (Wildman–Crippen LogP) is 31.2. The lowest BCUT2D eigenvalue weighted by molar-refractivity contribution is 0.995. The molecular formula is C118H78N6. The van der Waals surface area contributed by atoms with Crippen LogP contribution in [0.25, 0.3) is 222 Å². The van der Waals surface area contributed by atoms with E-state index in [1.807, 2.05) is 12.1 Å². The SMILES string of the molecule is c1ccc(-c2cc(-c3ccccc3)cc(-n3c4ccccc4c4cc(-c5ccc(-c6ccc(-c7ccc8c(c7)c7ccccc7n8-c7ccccc7)cc6)cc5)ccc43)c2)cc1.c1ccc(-c2cc(-c3ccccc3)nc(-n3c4ccccc4c4cc(-c5ccc(-c6ccc(-c7ccc8c(c7)c7ccccc7n8-c7ccccc7)cc6)cc5)ccc43)n2)cc1. The highest BCUT2D eigenvalue weighted by molar-refractivity contribution is 6.14. The maximum Gasteiger partial charge on any atom is 0.235 e. The molecular weight excluding hydrogens is 1500 g/mol. The zero-order chi connectivity index (χ0) is 82.0. The standard InChI is InChI=1S/C60H40N2.C58H38N4/c1-4-14-41(15-5-1)49-36-50(42-16-6-2-7-17-42)38-52(37-49)62-58-23-13-11-21-54(58)56-40-48(33-35-60(56)62)46-30-26-44(27-31-46)43-24-28-45(29-25-43)47-32-34-59-55(39-47)53-20-10-12-22-57(53)61(59)51-18-8-3-9-19-51;1-4-14-43(15-5-1)52-38-53(44-16-6-2-7-17-44)60-58(59-52)62-55-23-13-11-21-49(55)51-37-46(33-35-57(51)62)42-30-26-40(27-31-42)39-24-28-41(29-25-39)45-32-34-56-50(36-45)48-20-10-12-22-54(48)61(56)47-18-8-3-9-19-47/h1-40H;1-38H. The number of aromatic nitrogens is 6. The molecule has 24 aromatic rings. The second kappa shape index (κ2) is 31.0. The van der Waals surface area contributed by atoms with E-state index in [0.717, 1.165) is 55.6 Å². The zero-order valence-corrected chi connectivity index (χ0v) is 67.7. The first-order chi connectivity index (χ1) is 61.5. The Morgan fingerprint density at radius 3 is 0.629 bits per heavy atom. The quantitative estimate of drug-likeness (QED) is 0.109. The van der Waals surface area contributed by atoms with E-state index in [4.69, 9.17) is 9.97 Å². The molecule has 5 aromatic heterocycles. The average Bonchev–Trinajstić information content (AvgIpc) is 1.60. The zero-order valence-electron chi connectivity index (χ0n) is 67.7. The summed E-state index contributed by atoms with van der Waals surface area (Å²) >= 11 is 0. The fourth-order valence-electron chi connectivity index (χ4n) is 18.6. The van der Waals surface area contributed by atoms with Gasteiger partial charge in [-0.3, -0.25) is 4.57 Å². The Morgan fingerprint density at radius 2 is 0.331 bits per heavy atom. The van der Waals surface area contributed by atoms with Crippen molar-refractivity contribution in [1.82, 2.24) is 28.2 Å². The van der Waals surface area contributed by atoms with Crippen molar-refractivity contribution in [3.63, 3.8) is 0 Å². The third-order valence-electron chi connectivity index (χ3n) is 24.7. The Morgan fingerprint density at radius 1 is 0.121 bits per heavy atom. The van der Waals surface area contributed by atoms with Crippen molar-refractivity contribution < 1.29 is 0 Å². The Hall–Kier alpha value is -16.5. The minimum absolute atomic E-state index is 0.649. The number of hydrogen-bond donors (Lipinski definition) is 0. The normalized spacial score (nSPS) is 11.5. The molecule has 6 heteroatoms. The van der Waals surface area contributed by atoms with Crippen LogP contribution in [0.4, 0.5) is 0 Å². The highest BCUT2D eigenvalue weighted by atomic mass is 15.2. The van der Waals surface area contributed by atoms with Crippen molar-refractivity contribution in [1.29, 1.82) is 0 Å². The summed E-state index contributed by atoms with van der Waals surface area (Å²) in [5, 5.41) is 9.86. The first kappa shape index (κ1) is 72.7. The van der Waals surface area contributed by atoms with Crippen LogP contribution in [0.3, 0.4) is 0 Å². The van der Waals surface area contributed by atoms with Crippen LogP contribution in [0.15, 0.2) is 473 Å². The van der Waals surface area contributed by atoms with Gasteiger partial charge in [-0.2, -0.15) is 0 Å². The minimum Gasteiger partial charge on any atom is -0.309 e. The van der Waals surface area contributed by atoms with Gasteiger partial charge in [0.2, 0.25) is 5.95 Å². The van der Waals surface area contributed by atoms with Gasteiger partial charge in [0, 0.05) is 71.3 Å². The van der Waals surface area contributed by atoms with Crippen LogP contribution < -0.4 is 0 Å². The van der Waals surface area contributed by atoms with Gasteiger partial charge in [-0.1, -0.05) is 352 Å². The summed E-state index contributed by atoms with van der Waals surface area (Å²) in [6.07, 6.45) is 0. The van der Waals surface area contributed by atoms with Crippen molar-refractivity contribution in [3.05, 3.63) is 473 Å². The van der Waals surface area contributed by atoms with Crippen LogP contribution in [0.1, 0.15) is 0 Å². The topological polar surface area (TPSA) is 45.5 Å². The smallest absolute Gasteiger partial charge is 0.235 e. The Balaban J connectivity index is 0.000000143. The number of para-hydroxylation sites is 6. The lowest BCUT2D eigenvalue weighted by Gasteiger charge is -2.14. The summed E-state index contributed by atoms with van der Waals surface area (Å²) in [6.45, 7) is 0. The number of nitrogens with zero attached hydrogens (tertiary/aromatic N) is 6. The first-order valence-electron chi connectivity index (χ1n) is 42.4. The second-order valence-corrected chi connectivity index (χ2v) is 32.0. The largest absolute Gasteiger partial charge is 0.309 e. The second-order valence-electron chi connectivity index (χ2n) is 32.0. The van der Waals surface area contributed by atoms with E-state index in [9.17, 15) is 0 Å². The fourth-order valence-corrected chi connectivity index (χ4v) is 18.6. The summed E-state index contributed by atoms with van der Waals surface area (Å²) < 4.78 is 9.37. The molecule has 0 spiro atoms. The third-order valence-corrected chi connectivity index (χ3v) is 24.7. The molecule has 19 aromatic carbocycles. The lowest BCUT2D eigenvalue weighted by Crippen LogP contribution is -2.03. The Labute approximate surface area is 718 Å². The maximum absolute atomic E-state index is 5.20. The Kier molecular flexibility index (Phi) is 18.2. The summed E-state index contributed by atoms with van der Waals surface area (Å²) in [4.78, 5) is 10.4. The lowest BCUT2D eigenvalue weighted by atomic mass is 9.97. The molecule has 24 rings (SSSR count). The number of hydrogen-bond acceptors (Lipinski definition) is 2. The summed E-state index contributed by atoms with van der Waals surface area (Å²) in [7, 11) is 0. The molecule has 0 radical (unpaired) electrons. The van der Waals surface area contributed by atoms with Gasteiger partial charge in [0.05, 0.1) is 55.5 Å². The van der Waals surface area contributed by atoms with Crippen molar-refractivity contribution >= 4 is 87.2 Å². The molecule has 0 atom stereocenters. The molecule has 0 aliphatic carbocycles. The van der Waals surface area contributed by atoms with Gasteiger partial charge in [-0.25, -0.2) is 9.97 Å². The van der Waals surface area contributed by atoms with Crippen molar-refractivity contribution in [3.8, 4) is 135 Å². The van der Waals surface area contributed by atoms with E-state index >= 15 is 0 Å². The average molecular weight is 1580 g/mol.